The van der Waals surface area contributed by atoms with Crippen LogP contribution < -0.4 is 0 Å². The summed E-state index contributed by atoms with van der Waals surface area (Å²) >= 11 is 1.91. The Morgan fingerprint density at radius 1 is 1.24 bits per heavy atom. The van der Waals surface area contributed by atoms with Crippen molar-refractivity contribution in [2.75, 3.05) is 0 Å². The van der Waals surface area contributed by atoms with Crippen molar-refractivity contribution in [2.24, 2.45) is 0 Å². The van der Waals surface area contributed by atoms with Gasteiger partial charge in [0.25, 0.3) is 12.3 Å². The van der Waals surface area contributed by atoms with Crippen molar-refractivity contribution in [2.45, 2.75) is 6.43 Å². The van der Waals surface area contributed by atoms with Gasteiger partial charge < -0.3 is 0 Å². The molecule has 88 valence electrons. The number of hydrogen-bond acceptors (Lipinski definition) is 1. The minimum Gasteiger partial charge on any atom is -0.281 e. The first kappa shape index (κ1) is 12.2. The summed E-state index contributed by atoms with van der Waals surface area (Å²) < 4.78 is 27.1. The third-order valence-electron chi connectivity index (χ3n) is 2.28. The molecule has 0 bridgehead atoms. The molecule has 0 fully saturated rings. The Hall–Kier alpha value is -1.24. The Morgan fingerprint density at radius 2 is 1.88 bits per heavy atom. The fourth-order valence-corrected chi connectivity index (χ4v) is 2.11. The van der Waals surface area contributed by atoms with Crippen molar-refractivity contribution in [1.29, 1.82) is 0 Å². The van der Waals surface area contributed by atoms with Gasteiger partial charge >= 0.3 is 0 Å². The van der Waals surface area contributed by atoms with E-state index in [9.17, 15) is 13.6 Å². The zero-order chi connectivity index (χ0) is 12.4. The summed E-state index contributed by atoms with van der Waals surface area (Å²) in [6.45, 7) is 0. The molecule has 2 nitrogen and oxygen atoms in total. The smallest absolute Gasteiger partial charge is 0.278 e. The van der Waals surface area contributed by atoms with Gasteiger partial charge in [0, 0.05) is 15.3 Å². The maximum atomic E-state index is 12.7. The number of benzene rings is 1. The van der Waals surface area contributed by atoms with Crippen molar-refractivity contribution in [1.82, 2.24) is 4.57 Å². The SMILES string of the molecule is O=C(c1ccccc1)n1cc(I)cc1C(F)F. The van der Waals surface area contributed by atoms with E-state index in [4.69, 9.17) is 0 Å². The minimum atomic E-state index is -2.66. The molecule has 1 aromatic heterocycles. The molecule has 0 N–H and O–H groups in total. The van der Waals surface area contributed by atoms with E-state index in [1.165, 1.54) is 12.3 Å². The molecule has 0 unspecified atom stereocenters. The first-order chi connectivity index (χ1) is 8.09. The summed E-state index contributed by atoms with van der Waals surface area (Å²) in [5, 5.41) is 0. The molecule has 0 saturated heterocycles. The van der Waals surface area contributed by atoms with E-state index >= 15 is 0 Å². The maximum absolute atomic E-state index is 12.7. The molecule has 1 heterocycles. The lowest BCUT2D eigenvalue weighted by molar-refractivity contribution is 0.0919. The Balaban J connectivity index is 2.44. The Morgan fingerprint density at radius 3 is 2.47 bits per heavy atom. The molecule has 17 heavy (non-hydrogen) atoms. The van der Waals surface area contributed by atoms with Crippen LogP contribution in [0, 0.1) is 3.57 Å². The summed E-state index contributed by atoms with van der Waals surface area (Å²) in [6.07, 6.45) is -1.25. The zero-order valence-electron chi connectivity index (χ0n) is 8.61. The van der Waals surface area contributed by atoms with Crippen molar-refractivity contribution >= 4 is 28.5 Å². The molecular weight excluding hydrogens is 339 g/mol. The maximum Gasteiger partial charge on any atom is 0.278 e. The van der Waals surface area contributed by atoms with E-state index in [1.807, 2.05) is 22.6 Å². The predicted octanol–water partition coefficient (Wildman–Crippen LogP) is 3.72. The van der Waals surface area contributed by atoms with E-state index in [2.05, 4.69) is 0 Å². The van der Waals surface area contributed by atoms with Gasteiger partial charge in [0.05, 0.1) is 5.69 Å². The molecule has 0 aliphatic heterocycles. The van der Waals surface area contributed by atoms with Crippen LogP contribution in [0.25, 0.3) is 0 Å². The number of rotatable bonds is 2. The first-order valence-corrected chi connectivity index (χ1v) is 5.93. The van der Waals surface area contributed by atoms with Gasteiger partial charge in [0.1, 0.15) is 0 Å². The highest BCUT2D eigenvalue weighted by Gasteiger charge is 2.19. The second-order valence-corrected chi connectivity index (χ2v) is 4.67. The van der Waals surface area contributed by atoms with Crippen LogP contribution in [-0.4, -0.2) is 10.5 Å². The molecule has 0 atom stereocenters. The lowest BCUT2D eigenvalue weighted by Gasteiger charge is -2.06. The van der Waals surface area contributed by atoms with Gasteiger partial charge in [-0.05, 0) is 40.8 Å². The molecule has 0 amide bonds. The van der Waals surface area contributed by atoms with Crippen LogP contribution >= 0.6 is 22.6 Å². The third-order valence-corrected chi connectivity index (χ3v) is 2.87. The quantitative estimate of drug-likeness (QED) is 0.759. The van der Waals surface area contributed by atoms with Crippen LogP contribution in [0.3, 0.4) is 0 Å². The van der Waals surface area contributed by atoms with Crippen molar-refractivity contribution < 1.29 is 13.6 Å². The summed E-state index contributed by atoms with van der Waals surface area (Å²) in [5.41, 5.74) is 0.115. The van der Waals surface area contributed by atoms with E-state index < -0.39 is 12.3 Å². The average molecular weight is 347 g/mol. The van der Waals surface area contributed by atoms with E-state index in [1.54, 1.807) is 30.3 Å². The van der Waals surface area contributed by atoms with Crippen LogP contribution in [0.2, 0.25) is 0 Å². The Labute approximate surface area is 110 Å². The summed E-state index contributed by atoms with van der Waals surface area (Å²) in [7, 11) is 0. The van der Waals surface area contributed by atoms with Gasteiger partial charge in [0.15, 0.2) is 0 Å². The van der Waals surface area contributed by atoms with Gasteiger partial charge in [-0.2, -0.15) is 0 Å². The molecule has 2 rings (SSSR count). The average Bonchev–Trinajstić information content (AvgIpc) is 2.72. The van der Waals surface area contributed by atoms with Crippen LogP contribution in [0.1, 0.15) is 22.5 Å². The van der Waals surface area contributed by atoms with Crippen LogP contribution in [0.5, 0.6) is 0 Å². The molecule has 0 aliphatic carbocycles. The Kier molecular flexibility index (Phi) is 3.56. The normalized spacial score (nSPS) is 10.8. The lowest BCUT2D eigenvalue weighted by Crippen LogP contribution is -2.14. The molecule has 5 heteroatoms. The number of carbonyl (C=O) groups excluding carboxylic acids is 1. The number of hydrogen-bond donors (Lipinski definition) is 0. The summed E-state index contributed by atoms with van der Waals surface area (Å²) in [6, 6.07) is 9.68. The first-order valence-electron chi connectivity index (χ1n) is 4.85. The second kappa shape index (κ2) is 4.95. The molecule has 0 radical (unpaired) electrons. The molecule has 1 aromatic carbocycles. The van der Waals surface area contributed by atoms with Crippen LogP contribution in [-0.2, 0) is 0 Å². The second-order valence-electron chi connectivity index (χ2n) is 3.43. The predicted molar refractivity (Wildman–Crippen MR) is 68.3 cm³/mol. The third kappa shape index (κ3) is 2.54. The van der Waals surface area contributed by atoms with Crippen molar-refractivity contribution in [3.8, 4) is 0 Å². The highest BCUT2D eigenvalue weighted by molar-refractivity contribution is 14.1. The van der Waals surface area contributed by atoms with E-state index in [0.717, 1.165) is 4.57 Å². The van der Waals surface area contributed by atoms with Crippen LogP contribution in [0.15, 0.2) is 42.6 Å². The van der Waals surface area contributed by atoms with Gasteiger partial charge in [0.2, 0.25) is 0 Å². The summed E-state index contributed by atoms with van der Waals surface area (Å²) in [5.74, 6) is -0.441. The number of carbonyl (C=O) groups is 1. The van der Waals surface area contributed by atoms with E-state index in [0.29, 0.717) is 9.13 Å². The summed E-state index contributed by atoms with van der Waals surface area (Å²) in [4.78, 5) is 12.0. The van der Waals surface area contributed by atoms with Gasteiger partial charge in [-0.15, -0.1) is 0 Å². The molecule has 0 aliphatic rings. The number of halogens is 3. The Bertz CT molecular complexity index is 537. The largest absolute Gasteiger partial charge is 0.281 e. The van der Waals surface area contributed by atoms with Crippen molar-refractivity contribution in [3.05, 3.63) is 57.4 Å². The zero-order valence-corrected chi connectivity index (χ0v) is 10.8. The van der Waals surface area contributed by atoms with E-state index in [-0.39, 0.29) is 5.69 Å². The topological polar surface area (TPSA) is 22.0 Å². The number of alkyl halides is 2. The fraction of sp³-hybridized carbons (Fsp3) is 0.0833. The van der Waals surface area contributed by atoms with Gasteiger partial charge in [-0.25, -0.2) is 8.78 Å². The van der Waals surface area contributed by atoms with Gasteiger partial charge in [-0.1, -0.05) is 18.2 Å². The molecule has 0 saturated carbocycles. The molecule has 0 spiro atoms. The highest BCUT2D eigenvalue weighted by atomic mass is 127. The van der Waals surface area contributed by atoms with Gasteiger partial charge in [-0.3, -0.25) is 9.36 Å². The van der Waals surface area contributed by atoms with Crippen molar-refractivity contribution in [3.63, 3.8) is 0 Å². The lowest BCUT2D eigenvalue weighted by atomic mass is 10.2. The minimum absolute atomic E-state index is 0.275. The number of aromatic nitrogens is 1. The molecule has 2 aromatic rings. The highest BCUT2D eigenvalue weighted by Crippen LogP contribution is 2.23. The number of nitrogens with zero attached hydrogens (tertiary/aromatic N) is 1. The fourth-order valence-electron chi connectivity index (χ4n) is 1.51. The van der Waals surface area contributed by atoms with Crippen LogP contribution in [0.4, 0.5) is 8.78 Å². The monoisotopic (exact) mass is 347 g/mol. The standard InChI is InChI=1S/C12H8F2INO/c13-11(14)10-6-9(15)7-16(10)12(17)8-4-2-1-3-5-8/h1-7,11H. The molecular formula is C12H8F2INO.